The van der Waals surface area contributed by atoms with Gasteiger partial charge in [-0.25, -0.2) is 0 Å². The summed E-state index contributed by atoms with van der Waals surface area (Å²) in [4.78, 5) is 13.4. The van der Waals surface area contributed by atoms with Gasteiger partial charge in [-0.2, -0.15) is 0 Å². The van der Waals surface area contributed by atoms with Gasteiger partial charge in [0, 0.05) is 20.0 Å². The van der Waals surface area contributed by atoms with Gasteiger partial charge in [0.25, 0.3) is 0 Å². The number of carbonyl (C=O) groups excluding carboxylic acids is 1. The molecule has 7 heteroatoms. The Bertz CT molecular complexity index is 395. The Balaban J connectivity index is 3.74. The van der Waals surface area contributed by atoms with E-state index < -0.39 is 31.0 Å². The van der Waals surface area contributed by atoms with Crippen molar-refractivity contribution in [2.45, 2.75) is 115 Å². The molecule has 0 aliphatic heterocycles. The summed E-state index contributed by atoms with van der Waals surface area (Å²) >= 11 is 0. The van der Waals surface area contributed by atoms with Crippen molar-refractivity contribution in [2.24, 2.45) is 0 Å². The highest BCUT2D eigenvalue weighted by atomic mass is 16.4. The highest BCUT2D eigenvalue weighted by Crippen LogP contribution is 2.13. The Kier molecular flexibility index (Phi) is 17.6. The maximum absolute atomic E-state index is 12.1. The lowest BCUT2D eigenvalue weighted by Gasteiger charge is -2.28. The maximum atomic E-state index is 12.1. The maximum Gasteiger partial charge on any atom is 0.222 e. The number of likely N-dealkylation sites (N-methyl/N-ethyl adjacent to an activating group) is 1. The van der Waals surface area contributed by atoms with Crippen LogP contribution in [0.1, 0.15) is 90.4 Å². The molecule has 0 aliphatic rings. The number of unbranched alkanes of at least 4 members (excludes halogenated alkanes) is 11. The topological polar surface area (TPSA) is 121 Å². The molecule has 174 valence electrons. The second kappa shape index (κ2) is 18.1. The van der Waals surface area contributed by atoms with E-state index in [9.17, 15) is 25.2 Å². The van der Waals surface area contributed by atoms with Crippen LogP contribution in [0.25, 0.3) is 0 Å². The lowest BCUT2D eigenvalue weighted by Crippen LogP contribution is -2.49. The predicted octanol–water partition coefficient (Wildman–Crippen LogP) is 1.97. The van der Waals surface area contributed by atoms with Crippen molar-refractivity contribution in [3.8, 4) is 0 Å². The highest BCUT2D eigenvalue weighted by Gasteiger charge is 2.31. The number of rotatable bonds is 19. The molecule has 0 rings (SSSR count). The standard InChI is InChI=1S/C22H45NO6/c1-3-4-5-6-7-8-9-10-11-12-13-14-15-20(27)23(2)16-18(25)21(28)22(29)19(26)17-24/h18-19,21-22,24-26,28-29H,3-17H2,1-2H3. The molecule has 0 aromatic carbocycles. The monoisotopic (exact) mass is 419 g/mol. The molecule has 0 spiro atoms. The summed E-state index contributed by atoms with van der Waals surface area (Å²) < 4.78 is 0. The zero-order valence-electron chi connectivity index (χ0n) is 18.5. The number of hydrogen-bond donors (Lipinski definition) is 5. The highest BCUT2D eigenvalue weighted by molar-refractivity contribution is 5.75. The molecule has 7 nitrogen and oxygen atoms in total. The fraction of sp³-hybridized carbons (Fsp3) is 0.955. The molecule has 0 aromatic rings. The van der Waals surface area contributed by atoms with E-state index in [-0.39, 0.29) is 12.5 Å². The van der Waals surface area contributed by atoms with Gasteiger partial charge in [0.1, 0.15) is 24.4 Å². The quantitative estimate of drug-likeness (QED) is 0.204. The zero-order chi connectivity index (χ0) is 22.1. The van der Waals surface area contributed by atoms with Crippen LogP contribution in [0, 0.1) is 0 Å². The van der Waals surface area contributed by atoms with E-state index in [1.807, 2.05) is 0 Å². The number of aliphatic hydroxyl groups excluding tert-OH is 5. The van der Waals surface area contributed by atoms with Gasteiger partial charge < -0.3 is 30.4 Å². The van der Waals surface area contributed by atoms with Gasteiger partial charge >= 0.3 is 0 Å². The molecule has 4 unspecified atom stereocenters. The van der Waals surface area contributed by atoms with Gasteiger partial charge in [-0.3, -0.25) is 4.79 Å². The third kappa shape index (κ3) is 14.0. The molecule has 0 aliphatic carbocycles. The van der Waals surface area contributed by atoms with Crippen molar-refractivity contribution < 1.29 is 30.3 Å². The Morgan fingerprint density at radius 3 is 1.59 bits per heavy atom. The molecular weight excluding hydrogens is 374 g/mol. The molecule has 0 bridgehead atoms. The SMILES string of the molecule is CCCCCCCCCCCCCCC(=O)N(C)CC(O)C(O)C(O)C(O)CO. The number of amides is 1. The minimum Gasteiger partial charge on any atom is -0.394 e. The van der Waals surface area contributed by atoms with Crippen molar-refractivity contribution in [3.05, 3.63) is 0 Å². The van der Waals surface area contributed by atoms with Crippen molar-refractivity contribution in [3.63, 3.8) is 0 Å². The fourth-order valence-electron chi connectivity index (χ4n) is 3.36. The number of hydrogen-bond acceptors (Lipinski definition) is 6. The Morgan fingerprint density at radius 1 is 0.724 bits per heavy atom. The number of nitrogens with zero attached hydrogens (tertiary/aromatic N) is 1. The first-order chi connectivity index (χ1) is 13.8. The molecule has 29 heavy (non-hydrogen) atoms. The first-order valence-electron chi connectivity index (χ1n) is 11.4. The summed E-state index contributed by atoms with van der Waals surface area (Å²) in [6.45, 7) is 1.36. The summed E-state index contributed by atoms with van der Waals surface area (Å²) in [5, 5.41) is 47.4. The summed E-state index contributed by atoms with van der Waals surface area (Å²) in [5.74, 6) is -0.125. The predicted molar refractivity (Wildman–Crippen MR) is 114 cm³/mol. The van der Waals surface area contributed by atoms with Crippen LogP contribution in [0.4, 0.5) is 0 Å². The average Bonchev–Trinajstić information content (AvgIpc) is 2.72. The molecule has 1 amide bonds. The lowest BCUT2D eigenvalue weighted by molar-refractivity contribution is -0.138. The first kappa shape index (κ1) is 28.3. The van der Waals surface area contributed by atoms with Gasteiger partial charge in [-0.15, -0.1) is 0 Å². The number of carbonyl (C=O) groups is 1. The van der Waals surface area contributed by atoms with E-state index in [4.69, 9.17) is 5.11 Å². The van der Waals surface area contributed by atoms with Crippen molar-refractivity contribution in [1.82, 2.24) is 4.90 Å². The van der Waals surface area contributed by atoms with E-state index in [2.05, 4.69) is 6.92 Å². The first-order valence-corrected chi connectivity index (χ1v) is 11.4. The molecular formula is C22H45NO6. The van der Waals surface area contributed by atoms with Gasteiger partial charge in [-0.05, 0) is 6.42 Å². The fourth-order valence-corrected chi connectivity index (χ4v) is 3.36. The van der Waals surface area contributed by atoms with Crippen LogP contribution in [0.3, 0.4) is 0 Å². The lowest BCUT2D eigenvalue weighted by atomic mass is 10.0. The normalized spacial score (nSPS) is 15.7. The molecule has 0 saturated heterocycles. The summed E-state index contributed by atoms with van der Waals surface area (Å²) in [5.41, 5.74) is 0. The van der Waals surface area contributed by atoms with Gasteiger partial charge in [0.15, 0.2) is 0 Å². The van der Waals surface area contributed by atoms with E-state index in [1.54, 1.807) is 0 Å². The Hall–Kier alpha value is -0.730. The summed E-state index contributed by atoms with van der Waals surface area (Å²) in [6.07, 6.45) is 8.84. The third-order valence-corrected chi connectivity index (χ3v) is 5.46. The van der Waals surface area contributed by atoms with Gasteiger partial charge in [0.2, 0.25) is 5.91 Å². The Labute approximate surface area is 176 Å². The van der Waals surface area contributed by atoms with Gasteiger partial charge in [0.05, 0.1) is 6.61 Å². The molecule has 4 atom stereocenters. The summed E-state index contributed by atoms with van der Waals surface area (Å²) in [7, 11) is 1.54. The van der Waals surface area contributed by atoms with E-state index in [1.165, 1.54) is 69.7 Å². The number of aliphatic hydroxyl groups is 5. The van der Waals surface area contributed by atoms with Gasteiger partial charge in [-0.1, -0.05) is 77.6 Å². The van der Waals surface area contributed by atoms with E-state index >= 15 is 0 Å². The van der Waals surface area contributed by atoms with E-state index in [0.29, 0.717) is 6.42 Å². The van der Waals surface area contributed by atoms with Crippen LogP contribution in [-0.4, -0.2) is 81.0 Å². The average molecular weight is 420 g/mol. The van der Waals surface area contributed by atoms with Crippen molar-refractivity contribution >= 4 is 5.91 Å². The van der Waals surface area contributed by atoms with Crippen LogP contribution < -0.4 is 0 Å². The molecule has 0 saturated carbocycles. The molecule has 0 heterocycles. The smallest absolute Gasteiger partial charge is 0.222 e. The van der Waals surface area contributed by atoms with Crippen molar-refractivity contribution in [1.29, 1.82) is 0 Å². The van der Waals surface area contributed by atoms with Crippen LogP contribution >= 0.6 is 0 Å². The van der Waals surface area contributed by atoms with Crippen LogP contribution in [0.5, 0.6) is 0 Å². The van der Waals surface area contributed by atoms with Crippen LogP contribution in [-0.2, 0) is 4.79 Å². The molecule has 0 fully saturated rings. The summed E-state index contributed by atoms with van der Waals surface area (Å²) in [6, 6.07) is 0. The van der Waals surface area contributed by atoms with Crippen LogP contribution in [0.15, 0.2) is 0 Å². The zero-order valence-corrected chi connectivity index (χ0v) is 18.5. The minimum atomic E-state index is -1.67. The molecule has 0 radical (unpaired) electrons. The second-order valence-electron chi connectivity index (χ2n) is 8.21. The molecule has 0 aromatic heterocycles. The Morgan fingerprint density at radius 2 is 1.14 bits per heavy atom. The largest absolute Gasteiger partial charge is 0.394 e. The molecule has 5 N–H and O–H groups in total. The van der Waals surface area contributed by atoms with Crippen LogP contribution in [0.2, 0.25) is 0 Å². The second-order valence-corrected chi connectivity index (χ2v) is 8.21. The van der Waals surface area contributed by atoms with E-state index in [0.717, 1.165) is 19.3 Å². The minimum absolute atomic E-state index is 0.125. The van der Waals surface area contributed by atoms with Crippen molar-refractivity contribution in [2.75, 3.05) is 20.2 Å². The third-order valence-electron chi connectivity index (χ3n) is 5.46.